The summed E-state index contributed by atoms with van der Waals surface area (Å²) < 4.78 is 4.90. The third-order valence-corrected chi connectivity index (χ3v) is 6.00. The van der Waals surface area contributed by atoms with Crippen LogP contribution in [0.4, 0.5) is 0 Å². The van der Waals surface area contributed by atoms with Gasteiger partial charge in [-0.3, -0.25) is 9.80 Å². The molecule has 0 spiro atoms. The van der Waals surface area contributed by atoms with Crippen LogP contribution in [-0.4, -0.2) is 88.6 Å². The van der Waals surface area contributed by atoms with E-state index in [2.05, 4.69) is 38.1 Å². The Morgan fingerprint density at radius 3 is 2.81 bits per heavy atom. The monoisotopic (exact) mass is 359 g/mol. The van der Waals surface area contributed by atoms with Gasteiger partial charge in [0.2, 0.25) is 0 Å². The minimum Gasteiger partial charge on any atom is -0.396 e. The number of hydrogen-bond acceptors (Lipinski definition) is 7. The van der Waals surface area contributed by atoms with E-state index in [1.54, 1.807) is 0 Å². The van der Waals surface area contributed by atoms with E-state index < -0.39 is 0 Å². The van der Waals surface area contributed by atoms with Crippen molar-refractivity contribution in [3.63, 3.8) is 0 Å². The highest BCUT2D eigenvalue weighted by atomic mass is 16.6. The number of nitrogens with zero attached hydrogens (tertiary/aromatic N) is 5. The van der Waals surface area contributed by atoms with Crippen molar-refractivity contribution in [1.29, 1.82) is 0 Å². The van der Waals surface area contributed by atoms with Gasteiger partial charge in [0.05, 0.1) is 0 Å². The highest BCUT2D eigenvalue weighted by Crippen LogP contribution is 2.24. The van der Waals surface area contributed by atoms with Crippen molar-refractivity contribution in [2.45, 2.75) is 37.9 Å². The van der Waals surface area contributed by atoms with E-state index in [1.807, 2.05) is 12.1 Å². The molecule has 142 valence electrons. The van der Waals surface area contributed by atoms with Crippen LogP contribution in [0.25, 0.3) is 11.0 Å². The molecule has 2 saturated heterocycles. The summed E-state index contributed by atoms with van der Waals surface area (Å²) in [4.78, 5) is 7.56. The summed E-state index contributed by atoms with van der Waals surface area (Å²) in [6, 6.07) is 7.14. The molecule has 1 aromatic carbocycles. The van der Waals surface area contributed by atoms with Gasteiger partial charge >= 0.3 is 0 Å². The lowest BCUT2D eigenvalue weighted by atomic mass is 9.98. The zero-order chi connectivity index (χ0) is 17.9. The molecule has 7 nitrogen and oxygen atoms in total. The van der Waals surface area contributed by atoms with Crippen molar-refractivity contribution in [1.82, 2.24) is 25.0 Å². The van der Waals surface area contributed by atoms with Gasteiger partial charge in [0.1, 0.15) is 11.0 Å². The van der Waals surface area contributed by atoms with Crippen LogP contribution in [0, 0.1) is 0 Å². The molecule has 0 amide bonds. The van der Waals surface area contributed by atoms with Gasteiger partial charge in [-0.2, -0.15) is 0 Å². The van der Waals surface area contributed by atoms with Crippen LogP contribution in [-0.2, 0) is 6.54 Å². The number of piperazine rings is 1. The van der Waals surface area contributed by atoms with Crippen molar-refractivity contribution in [3.8, 4) is 0 Å². The van der Waals surface area contributed by atoms with Gasteiger partial charge in [0, 0.05) is 44.9 Å². The predicted molar refractivity (Wildman–Crippen MR) is 99.8 cm³/mol. The van der Waals surface area contributed by atoms with Crippen LogP contribution in [0.5, 0.6) is 0 Å². The first-order chi connectivity index (χ1) is 12.7. The fourth-order valence-corrected chi connectivity index (χ4v) is 4.52. The molecule has 2 fully saturated rings. The summed E-state index contributed by atoms with van der Waals surface area (Å²) in [5.41, 5.74) is 2.85. The van der Waals surface area contributed by atoms with Gasteiger partial charge in [-0.1, -0.05) is 12.1 Å². The number of fused-ring (bicyclic) bond motifs is 1. The first kappa shape index (κ1) is 17.9. The quantitative estimate of drug-likeness (QED) is 0.860. The van der Waals surface area contributed by atoms with Gasteiger partial charge in [-0.05, 0) is 61.3 Å². The highest BCUT2D eigenvalue weighted by Gasteiger charge is 2.33. The molecule has 2 aliphatic heterocycles. The zero-order valence-corrected chi connectivity index (χ0v) is 15.5. The zero-order valence-electron chi connectivity index (χ0n) is 15.5. The maximum absolute atomic E-state index is 9.58. The Morgan fingerprint density at radius 1 is 1.15 bits per heavy atom. The topological polar surface area (TPSA) is 68.9 Å². The average molecular weight is 359 g/mol. The molecule has 3 heterocycles. The van der Waals surface area contributed by atoms with E-state index >= 15 is 0 Å². The Bertz CT molecular complexity index is 713. The Hall–Kier alpha value is -1.54. The number of rotatable bonds is 5. The third kappa shape index (κ3) is 3.76. The molecular weight excluding hydrogens is 330 g/mol. The van der Waals surface area contributed by atoms with Gasteiger partial charge in [-0.25, -0.2) is 4.63 Å². The molecule has 0 radical (unpaired) electrons. The SMILES string of the molecule is CN1CCC(N2CCN(Cc3cccc4nonc34)C[C@@H]2CCO)CC1. The van der Waals surface area contributed by atoms with Crippen LogP contribution in [0.15, 0.2) is 22.8 Å². The summed E-state index contributed by atoms with van der Waals surface area (Å²) in [6.07, 6.45) is 3.32. The lowest BCUT2D eigenvalue weighted by Gasteiger charge is -2.47. The molecule has 2 aliphatic rings. The lowest BCUT2D eigenvalue weighted by Crippen LogP contribution is -2.58. The summed E-state index contributed by atoms with van der Waals surface area (Å²) >= 11 is 0. The van der Waals surface area contributed by atoms with Crippen LogP contribution in [0.3, 0.4) is 0 Å². The second-order valence-corrected chi connectivity index (χ2v) is 7.72. The van der Waals surface area contributed by atoms with E-state index in [0.717, 1.165) is 43.6 Å². The smallest absolute Gasteiger partial charge is 0.139 e. The fourth-order valence-electron chi connectivity index (χ4n) is 4.52. The van der Waals surface area contributed by atoms with Crippen LogP contribution >= 0.6 is 0 Å². The van der Waals surface area contributed by atoms with Crippen molar-refractivity contribution in [3.05, 3.63) is 23.8 Å². The summed E-state index contributed by atoms with van der Waals surface area (Å²) in [5.74, 6) is 0. The van der Waals surface area contributed by atoms with Crippen LogP contribution in [0.1, 0.15) is 24.8 Å². The van der Waals surface area contributed by atoms with E-state index in [4.69, 9.17) is 4.63 Å². The predicted octanol–water partition coefficient (Wildman–Crippen LogP) is 1.19. The van der Waals surface area contributed by atoms with Gasteiger partial charge < -0.3 is 10.0 Å². The Kier molecular flexibility index (Phi) is 5.49. The number of benzene rings is 1. The van der Waals surface area contributed by atoms with E-state index in [0.29, 0.717) is 12.1 Å². The van der Waals surface area contributed by atoms with Crippen molar-refractivity contribution >= 4 is 11.0 Å². The average Bonchev–Trinajstić information content (AvgIpc) is 3.13. The summed E-state index contributed by atoms with van der Waals surface area (Å²) in [6.45, 7) is 6.59. The molecule has 0 unspecified atom stereocenters. The number of aromatic nitrogens is 2. The summed E-state index contributed by atoms with van der Waals surface area (Å²) in [7, 11) is 2.21. The van der Waals surface area contributed by atoms with Gasteiger partial charge in [-0.15, -0.1) is 0 Å². The molecule has 1 aromatic heterocycles. The maximum Gasteiger partial charge on any atom is 0.139 e. The van der Waals surface area contributed by atoms with Gasteiger partial charge in [0.25, 0.3) is 0 Å². The Morgan fingerprint density at radius 2 is 2.00 bits per heavy atom. The number of aliphatic hydroxyl groups excluding tert-OH is 1. The molecule has 1 atom stereocenters. The normalized spacial score (nSPS) is 24.5. The highest BCUT2D eigenvalue weighted by molar-refractivity contribution is 5.76. The molecule has 0 saturated carbocycles. The number of likely N-dealkylation sites (tertiary alicyclic amines) is 1. The standard InChI is InChI=1S/C19H29N5O2/c1-22-8-5-16(6-9-22)24-11-10-23(14-17(24)7-12-25)13-15-3-2-4-18-19(15)21-26-20-18/h2-4,16-17,25H,5-14H2,1H3/t17-/m0/s1. The molecule has 0 bridgehead atoms. The van der Waals surface area contributed by atoms with E-state index in [9.17, 15) is 5.11 Å². The second-order valence-electron chi connectivity index (χ2n) is 7.72. The maximum atomic E-state index is 9.58. The molecular formula is C19H29N5O2. The minimum atomic E-state index is 0.254. The largest absolute Gasteiger partial charge is 0.396 e. The summed E-state index contributed by atoms with van der Waals surface area (Å²) in [5, 5.41) is 17.6. The number of hydrogen-bond donors (Lipinski definition) is 1. The first-order valence-corrected chi connectivity index (χ1v) is 9.72. The molecule has 4 rings (SSSR count). The van der Waals surface area contributed by atoms with Gasteiger partial charge in [0.15, 0.2) is 0 Å². The fraction of sp³-hybridized carbons (Fsp3) is 0.684. The van der Waals surface area contributed by atoms with Crippen molar-refractivity contribution in [2.24, 2.45) is 0 Å². The molecule has 1 N–H and O–H groups in total. The van der Waals surface area contributed by atoms with Crippen molar-refractivity contribution < 1.29 is 9.74 Å². The van der Waals surface area contributed by atoms with E-state index in [1.165, 1.54) is 31.5 Å². The second kappa shape index (κ2) is 8.00. The first-order valence-electron chi connectivity index (χ1n) is 9.72. The molecule has 26 heavy (non-hydrogen) atoms. The minimum absolute atomic E-state index is 0.254. The Labute approximate surface area is 154 Å². The number of aliphatic hydroxyl groups is 1. The molecule has 0 aliphatic carbocycles. The molecule has 7 heteroatoms. The van der Waals surface area contributed by atoms with Crippen LogP contribution in [0.2, 0.25) is 0 Å². The van der Waals surface area contributed by atoms with Crippen molar-refractivity contribution in [2.75, 3.05) is 46.4 Å². The Balaban J connectivity index is 1.43. The number of piperidine rings is 1. The lowest BCUT2D eigenvalue weighted by molar-refractivity contribution is 0.00609. The van der Waals surface area contributed by atoms with E-state index in [-0.39, 0.29) is 6.61 Å². The molecule has 2 aromatic rings. The van der Waals surface area contributed by atoms with Crippen LogP contribution < -0.4 is 0 Å². The third-order valence-electron chi connectivity index (χ3n) is 6.00.